The average molecular weight is 564 g/mol. The van der Waals surface area contributed by atoms with E-state index in [4.69, 9.17) is 4.74 Å². The molecule has 7 heteroatoms. The van der Waals surface area contributed by atoms with Gasteiger partial charge in [0.2, 0.25) is 0 Å². The molecule has 2 aromatic carbocycles. The fraction of sp³-hybridized carbons (Fsp3) is 0.500. The van der Waals surface area contributed by atoms with Gasteiger partial charge in [-0.1, -0.05) is 42.5 Å². The first kappa shape index (κ1) is 25.8. The molecule has 1 fully saturated rings. The molecule has 2 N–H and O–H groups in total. The normalized spacial score (nSPS) is 20.8. The number of fused-ring (bicyclic) bond motifs is 1. The average Bonchev–Trinajstić information content (AvgIpc) is 2.78. The maximum absolute atomic E-state index is 6.16. The van der Waals surface area contributed by atoms with Crippen LogP contribution in [0.4, 0.5) is 0 Å². The predicted molar refractivity (Wildman–Crippen MR) is 146 cm³/mol. The van der Waals surface area contributed by atoms with Crippen LogP contribution in [-0.2, 0) is 13.1 Å². The van der Waals surface area contributed by atoms with Gasteiger partial charge in [0, 0.05) is 58.3 Å². The molecule has 0 aliphatic carbocycles. The molecule has 2 aliphatic rings. The molecule has 0 radical (unpaired) electrons. The molecule has 1 atom stereocenters. The molecular weight excluding hydrogens is 525 g/mol. The minimum absolute atomic E-state index is 0. The lowest BCUT2D eigenvalue weighted by Gasteiger charge is -2.38. The molecule has 1 saturated heterocycles. The molecule has 4 rings (SSSR count). The van der Waals surface area contributed by atoms with Crippen LogP contribution in [0.25, 0.3) is 0 Å². The first-order valence-electron chi connectivity index (χ1n) is 11.7. The van der Waals surface area contributed by atoms with Crippen LogP contribution < -0.4 is 15.4 Å². The van der Waals surface area contributed by atoms with Crippen LogP contribution in [0.1, 0.15) is 43.0 Å². The van der Waals surface area contributed by atoms with Crippen molar-refractivity contribution in [2.75, 3.05) is 40.3 Å². The monoisotopic (exact) mass is 563 g/mol. The summed E-state index contributed by atoms with van der Waals surface area (Å²) in [5, 5.41) is 7.08. The predicted octanol–water partition coefficient (Wildman–Crippen LogP) is 4.02. The van der Waals surface area contributed by atoms with Gasteiger partial charge < -0.3 is 20.3 Å². The van der Waals surface area contributed by atoms with Gasteiger partial charge in [-0.2, -0.15) is 0 Å². The van der Waals surface area contributed by atoms with E-state index in [1.54, 1.807) is 0 Å². The lowest BCUT2D eigenvalue weighted by Crippen LogP contribution is -2.45. The molecule has 2 aliphatic heterocycles. The van der Waals surface area contributed by atoms with Crippen molar-refractivity contribution in [3.8, 4) is 5.75 Å². The fourth-order valence-corrected chi connectivity index (χ4v) is 4.50. The van der Waals surface area contributed by atoms with Crippen molar-refractivity contribution in [2.24, 2.45) is 4.99 Å². The third-order valence-corrected chi connectivity index (χ3v) is 6.40. The second-order valence-corrected chi connectivity index (χ2v) is 9.62. The third kappa shape index (κ3) is 7.07. The van der Waals surface area contributed by atoms with E-state index in [1.165, 1.54) is 16.7 Å². The number of guanidine groups is 1. The topological polar surface area (TPSA) is 52.1 Å². The zero-order valence-electron chi connectivity index (χ0n) is 20.3. The maximum atomic E-state index is 6.16. The minimum Gasteiger partial charge on any atom is -0.487 e. The molecule has 0 saturated carbocycles. The highest BCUT2D eigenvalue weighted by Gasteiger charge is 2.33. The largest absolute Gasteiger partial charge is 0.487 e. The van der Waals surface area contributed by atoms with Crippen molar-refractivity contribution in [3.63, 3.8) is 0 Å². The van der Waals surface area contributed by atoms with Gasteiger partial charge in [-0.25, -0.2) is 0 Å². The molecule has 1 unspecified atom stereocenters. The summed E-state index contributed by atoms with van der Waals surface area (Å²) < 4.78 is 6.16. The van der Waals surface area contributed by atoms with E-state index in [-0.39, 0.29) is 35.6 Å². The molecule has 6 nitrogen and oxygen atoms in total. The smallest absolute Gasteiger partial charge is 0.191 e. The van der Waals surface area contributed by atoms with Crippen LogP contribution in [0.3, 0.4) is 0 Å². The summed E-state index contributed by atoms with van der Waals surface area (Å²) in [6, 6.07) is 17.4. The summed E-state index contributed by atoms with van der Waals surface area (Å²) in [7, 11) is 4.02. The van der Waals surface area contributed by atoms with Gasteiger partial charge in [-0.15, -0.1) is 24.0 Å². The number of rotatable bonds is 5. The van der Waals surface area contributed by atoms with Crippen LogP contribution in [0, 0.1) is 0 Å². The Hall–Kier alpha value is -1.84. The fourth-order valence-electron chi connectivity index (χ4n) is 4.50. The van der Waals surface area contributed by atoms with E-state index >= 15 is 0 Å². The van der Waals surface area contributed by atoms with Crippen molar-refractivity contribution < 1.29 is 4.74 Å². The first-order valence-corrected chi connectivity index (χ1v) is 11.7. The highest BCUT2D eigenvalue weighted by Crippen LogP contribution is 2.39. The van der Waals surface area contributed by atoms with Gasteiger partial charge in [-0.3, -0.25) is 9.89 Å². The Morgan fingerprint density at radius 3 is 2.39 bits per heavy atom. The van der Waals surface area contributed by atoms with Crippen LogP contribution in [0.15, 0.2) is 53.5 Å². The second-order valence-electron chi connectivity index (χ2n) is 9.62. The summed E-state index contributed by atoms with van der Waals surface area (Å²) in [6.45, 7) is 10.6. The Morgan fingerprint density at radius 2 is 1.70 bits per heavy atom. The van der Waals surface area contributed by atoms with Crippen molar-refractivity contribution in [1.82, 2.24) is 20.4 Å². The number of ether oxygens (including phenoxy) is 1. The Kier molecular flexibility index (Phi) is 9.01. The highest BCUT2D eigenvalue weighted by molar-refractivity contribution is 14.0. The first-order chi connectivity index (χ1) is 15.4. The summed E-state index contributed by atoms with van der Waals surface area (Å²) in [6.07, 6.45) is 0.881. The molecule has 0 aromatic heterocycles. The van der Waals surface area contributed by atoms with Crippen LogP contribution in [0.5, 0.6) is 5.75 Å². The van der Waals surface area contributed by atoms with Crippen molar-refractivity contribution in [3.05, 3.63) is 65.2 Å². The number of benzene rings is 2. The minimum atomic E-state index is -0.218. The summed E-state index contributed by atoms with van der Waals surface area (Å²) >= 11 is 0. The quantitative estimate of drug-likeness (QED) is 0.327. The lowest BCUT2D eigenvalue weighted by atomic mass is 9.90. The van der Waals surface area contributed by atoms with E-state index in [2.05, 4.69) is 82.7 Å². The van der Waals surface area contributed by atoms with E-state index in [1.807, 2.05) is 19.2 Å². The van der Waals surface area contributed by atoms with E-state index in [0.29, 0.717) is 0 Å². The number of nitrogens with one attached hydrogen (secondary N) is 2. The zero-order chi connectivity index (χ0) is 22.6. The van der Waals surface area contributed by atoms with Gasteiger partial charge in [0.1, 0.15) is 11.4 Å². The lowest BCUT2D eigenvalue weighted by molar-refractivity contribution is 0.0694. The molecule has 0 spiro atoms. The highest BCUT2D eigenvalue weighted by atomic mass is 127. The summed E-state index contributed by atoms with van der Waals surface area (Å²) in [5.74, 6) is 1.76. The Morgan fingerprint density at radius 1 is 1.03 bits per heavy atom. The number of aliphatic imine (C=N–C) groups is 1. The van der Waals surface area contributed by atoms with Gasteiger partial charge in [0.25, 0.3) is 0 Å². The van der Waals surface area contributed by atoms with Crippen LogP contribution >= 0.6 is 24.0 Å². The molecule has 180 valence electrons. The Balaban J connectivity index is 0.00000306. The molecule has 2 heterocycles. The van der Waals surface area contributed by atoms with Crippen LogP contribution in [-0.4, -0.2) is 61.6 Å². The molecular formula is C26H38IN5O. The number of nitrogens with zero attached hydrogens (tertiary/aromatic N) is 3. The maximum Gasteiger partial charge on any atom is 0.191 e. The molecule has 2 aromatic rings. The van der Waals surface area contributed by atoms with Gasteiger partial charge in [-0.05, 0) is 38.1 Å². The van der Waals surface area contributed by atoms with Crippen molar-refractivity contribution in [2.45, 2.75) is 45.0 Å². The zero-order valence-corrected chi connectivity index (χ0v) is 22.6. The van der Waals surface area contributed by atoms with Crippen molar-refractivity contribution >= 4 is 29.9 Å². The number of piperazine rings is 1. The van der Waals surface area contributed by atoms with Gasteiger partial charge >= 0.3 is 0 Å². The SMILES string of the molecule is CN=C(NCc1ccc(CN2CCN(C)CC2)cc1)NC1CC(C)(C)Oc2ccccc21.I. The standard InChI is InChI=1S/C26H37N5O.HI/c1-26(2)17-23(22-7-5-6-8-24(22)32-26)29-25(27-3)28-18-20-9-11-21(12-10-20)19-31-15-13-30(4)14-16-31;/h5-12,23H,13-19H2,1-4H3,(H2,27,28,29);1H. The van der Waals surface area contributed by atoms with Crippen molar-refractivity contribution in [1.29, 1.82) is 0 Å². The second kappa shape index (κ2) is 11.5. The van der Waals surface area contributed by atoms with E-state index in [0.717, 1.165) is 57.4 Å². The number of hydrogen-bond donors (Lipinski definition) is 2. The van der Waals surface area contributed by atoms with Gasteiger partial charge in [0.15, 0.2) is 5.96 Å². The molecule has 33 heavy (non-hydrogen) atoms. The van der Waals surface area contributed by atoms with Crippen LogP contribution in [0.2, 0.25) is 0 Å². The summed E-state index contributed by atoms with van der Waals surface area (Å²) in [5.41, 5.74) is 3.59. The molecule has 0 bridgehead atoms. The Labute approximate surface area is 215 Å². The van der Waals surface area contributed by atoms with E-state index < -0.39 is 0 Å². The van der Waals surface area contributed by atoms with E-state index in [9.17, 15) is 0 Å². The van der Waals surface area contributed by atoms with Gasteiger partial charge in [0.05, 0.1) is 6.04 Å². The molecule has 0 amide bonds. The number of para-hydroxylation sites is 1. The number of likely N-dealkylation sites (N-methyl/N-ethyl adjacent to an activating group) is 1. The Bertz CT molecular complexity index is 923. The third-order valence-electron chi connectivity index (χ3n) is 6.40. The number of halogens is 1. The number of hydrogen-bond acceptors (Lipinski definition) is 4. The summed E-state index contributed by atoms with van der Waals surface area (Å²) in [4.78, 5) is 9.39.